The number of hydrogen-bond donors (Lipinski definition) is 1. The molecule has 0 unspecified atom stereocenters. The minimum Gasteiger partial charge on any atom is -0.460 e. The van der Waals surface area contributed by atoms with Gasteiger partial charge in [-0.1, -0.05) is 0 Å². The highest BCUT2D eigenvalue weighted by molar-refractivity contribution is 5.66. The molecular formula is C13H14N2O3. The van der Waals surface area contributed by atoms with Crippen molar-refractivity contribution < 1.29 is 9.34 Å². The van der Waals surface area contributed by atoms with Gasteiger partial charge in [0, 0.05) is 17.2 Å². The zero-order chi connectivity index (χ0) is 13.3. The van der Waals surface area contributed by atoms with Gasteiger partial charge in [0.15, 0.2) is 0 Å². The standard InChI is InChI=1S/C13H14N2O3/c1-8-6-12(15(16)17)9(2)5-11(8)13-4-3-10(7-14)18-13/h3-6H,7,14H2,1-2H3. The number of hydrogen-bond acceptors (Lipinski definition) is 4. The van der Waals surface area contributed by atoms with Crippen LogP contribution in [0.3, 0.4) is 0 Å². The molecular weight excluding hydrogens is 232 g/mol. The van der Waals surface area contributed by atoms with Crippen LogP contribution in [0.15, 0.2) is 28.7 Å². The molecule has 2 N–H and O–H groups in total. The minimum atomic E-state index is -0.375. The van der Waals surface area contributed by atoms with Crippen LogP contribution in [0.2, 0.25) is 0 Å². The average molecular weight is 246 g/mol. The van der Waals surface area contributed by atoms with Crippen molar-refractivity contribution in [2.24, 2.45) is 5.73 Å². The Labute approximate surface area is 104 Å². The molecule has 0 amide bonds. The van der Waals surface area contributed by atoms with Crippen LogP contribution >= 0.6 is 0 Å². The Morgan fingerprint density at radius 2 is 2.00 bits per heavy atom. The van der Waals surface area contributed by atoms with Crippen LogP contribution < -0.4 is 5.73 Å². The summed E-state index contributed by atoms with van der Waals surface area (Å²) in [7, 11) is 0. The summed E-state index contributed by atoms with van der Waals surface area (Å²) in [5.74, 6) is 1.38. The van der Waals surface area contributed by atoms with Gasteiger partial charge in [0.2, 0.25) is 0 Å². The maximum absolute atomic E-state index is 10.8. The Morgan fingerprint density at radius 3 is 2.56 bits per heavy atom. The second-order valence-electron chi connectivity index (χ2n) is 4.18. The van der Waals surface area contributed by atoms with E-state index in [1.165, 1.54) is 0 Å². The summed E-state index contributed by atoms with van der Waals surface area (Å²) < 4.78 is 5.56. The van der Waals surface area contributed by atoms with E-state index in [1.807, 2.05) is 19.1 Å². The van der Waals surface area contributed by atoms with E-state index < -0.39 is 0 Å². The summed E-state index contributed by atoms with van der Waals surface area (Å²) >= 11 is 0. The van der Waals surface area contributed by atoms with Crippen molar-refractivity contribution in [1.82, 2.24) is 0 Å². The highest BCUT2D eigenvalue weighted by Gasteiger charge is 2.15. The first kappa shape index (κ1) is 12.3. The Bertz CT molecular complexity index is 602. The van der Waals surface area contributed by atoms with Crippen molar-refractivity contribution in [3.8, 4) is 11.3 Å². The molecule has 0 aliphatic carbocycles. The van der Waals surface area contributed by atoms with Crippen LogP contribution in [0.25, 0.3) is 11.3 Å². The number of nitro groups is 1. The molecule has 1 aromatic heterocycles. The van der Waals surface area contributed by atoms with E-state index in [0.29, 0.717) is 23.6 Å². The van der Waals surface area contributed by atoms with Crippen molar-refractivity contribution in [2.45, 2.75) is 20.4 Å². The topological polar surface area (TPSA) is 82.3 Å². The van der Waals surface area contributed by atoms with Crippen LogP contribution in [0, 0.1) is 24.0 Å². The van der Waals surface area contributed by atoms with Gasteiger partial charge >= 0.3 is 0 Å². The minimum absolute atomic E-state index is 0.127. The second-order valence-corrected chi connectivity index (χ2v) is 4.18. The van der Waals surface area contributed by atoms with Crippen LogP contribution in [0.4, 0.5) is 5.69 Å². The Balaban J connectivity index is 2.52. The average Bonchev–Trinajstić information content (AvgIpc) is 2.79. The summed E-state index contributed by atoms with van der Waals surface area (Å²) in [6.45, 7) is 3.88. The van der Waals surface area contributed by atoms with Crippen molar-refractivity contribution in [2.75, 3.05) is 0 Å². The lowest BCUT2D eigenvalue weighted by Gasteiger charge is -2.05. The molecule has 18 heavy (non-hydrogen) atoms. The third-order valence-electron chi connectivity index (χ3n) is 2.87. The van der Waals surface area contributed by atoms with E-state index >= 15 is 0 Å². The lowest BCUT2D eigenvalue weighted by molar-refractivity contribution is -0.385. The quantitative estimate of drug-likeness (QED) is 0.666. The van der Waals surface area contributed by atoms with Crippen LogP contribution in [-0.4, -0.2) is 4.92 Å². The van der Waals surface area contributed by atoms with E-state index in [-0.39, 0.29) is 10.6 Å². The number of nitro benzene ring substituents is 1. The molecule has 0 aliphatic heterocycles. The van der Waals surface area contributed by atoms with E-state index in [9.17, 15) is 10.1 Å². The fourth-order valence-corrected chi connectivity index (χ4v) is 1.90. The van der Waals surface area contributed by atoms with Crippen molar-refractivity contribution >= 4 is 5.69 Å². The normalized spacial score (nSPS) is 10.6. The van der Waals surface area contributed by atoms with E-state index in [2.05, 4.69) is 0 Å². The Hall–Kier alpha value is -2.14. The maximum Gasteiger partial charge on any atom is 0.272 e. The molecule has 5 nitrogen and oxygen atoms in total. The van der Waals surface area contributed by atoms with Crippen LogP contribution in [-0.2, 0) is 6.54 Å². The van der Waals surface area contributed by atoms with Gasteiger partial charge in [0.25, 0.3) is 5.69 Å². The molecule has 2 rings (SSSR count). The van der Waals surface area contributed by atoms with Gasteiger partial charge in [0.1, 0.15) is 11.5 Å². The van der Waals surface area contributed by atoms with E-state index in [0.717, 1.165) is 11.1 Å². The second kappa shape index (κ2) is 4.62. The largest absolute Gasteiger partial charge is 0.460 e. The molecule has 1 heterocycles. The smallest absolute Gasteiger partial charge is 0.272 e. The number of nitrogens with zero attached hydrogens (tertiary/aromatic N) is 1. The first-order valence-corrected chi connectivity index (χ1v) is 5.57. The van der Waals surface area contributed by atoms with Crippen LogP contribution in [0.5, 0.6) is 0 Å². The fraction of sp³-hybridized carbons (Fsp3) is 0.231. The molecule has 0 saturated carbocycles. The maximum atomic E-state index is 10.8. The molecule has 1 aromatic carbocycles. The van der Waals surface area contributed by atoms with Gasteiger partial charge in [-0.2, -0.15) is 0 Å². The fourth-order valence-electron chi connectivity index (χ4n) is 1.90. The first-order chi connectivity index (χ1) is 8.52. The Morgan fingerprint density at radius 1 is 1.28 bits per heavy atom. The summed E-state index contributed by atoms with van der Waals surface area (Å²) in [6, 6.07) is 6.98. The third-order valence-corrected chi connectivity index (χ3v) is 2.87. The zero-order valence-corrected chi connectivity index (χ0v) is 10.3. The predicted octanol–water partition coefficient (Wildman–Crippen LogP) is 2.93. The van der Waals surface area contributed by atoms with Gasteiger partial charge in [-0.05, 0) is 37.6 Å². The lowest BCUT2D eigenvalue weighted by Crippen LogP contribution is -1.94. The van der Waals surface area contributed by atoms with Gasteiger partial charge in [0.05, 0.1) is 11.5 Å². The summed E-state index contributed by atoms with van der Waals surface area (Å²) in [6.07, 6.45) is 0. The highest BCUT2D eigenvalue weighted by atomic mass is 16.6. The molecule has 2 aromatic rings. The van der Waals surface area contributed by atoms with Crippen molar-refractivity contribution in [3.63, 3.8) is 0 Å². The lowest BCUT2D eigenvalue weighted by atomic mass is 10.0. The monoisotopic (exact) mass is 246 g/mol. The predicted molar refractivity (Wildman–Crippen MR) is 68.2 cm³/mol. The summed E-state index contributed by atoms with van der Waals surface area (Å²) in [5, 5.41) is 10.8. The number of nitrogens with two attached hydrogens (primary N) is 1. The molecule has 0 radical (unpaired) electrons. The molecule has 0 saturated heterocycles. The molecule has 0 atom stereocenters. The van der Waals surface area contributed by atoms with E-state index in [1.54, 1.807) is 19.1 Å². The van der Waals surface area contributed by atoms with Gasteiger partial charge < -0.3 is 10.2 Å². The molecule has 0 aliphatic rings. The zero-order valence-electron chi connectivity index (χ0n) is 10.3. The molecule has 94 valence electrons. The highest BCUT2D eigenvalue weighted by Crippen LogP contribution is 2.31. The van der Waals surface area contributed by atoms with Crippen molar-refractivity contribution in [1.29, 1.82) is 0 Å². The molecule has 0 spiro atoms. The SMILES string of the molecule is Cc1cc([N+](=O)[O-])c(C)cc1-c1ccc(CN)o1. The number of furan rings is 1. The molecule has 5 heteroatoms. The van der Waals surface area contributed by atoms with Gasteiger partial charge in [-0.25, -0.2) is 0 Å². The van der Waals surface area contributed by atoms with Crippen LogP contribution in [0.1, 0.15) is 16.9 Å². The summed E-state index contributed by atoms with van der Waals surface area (Å²) in [5.41, 5.74) is 7.90. The Kier molecular flexibility index (Phi) is 3.16. The van der Waals surface area contributed by atoms with Gasteiger partial charge in [-0.15, -0.1) is 0 Å². The molecule has 0 bridgehead atoms. The van der Waals surface area contributed by atoms with E-state index in [4.69, 9.17) is 10.2 Å². The summed E-state index contributed by atoms with van der Waals surface area (Å²) in [4.78, 5) is 10.5. The number of benzene rings is 1. The van der Waals surface area contributed by atoms with Crippen molar-refractivity contribution in [3.05, 3.63) is 51.3 Å². The number of rotatable bonds is 3. The first-order valence-electron chi connectivity index (χ1n) is 5.57. The number of aryl methyl sites for hydroxylation is 2. The third kappa shape index (κ3) is 2.12. The molecule has 0 fully saturated rings. The van der Waals surface area contributed by atoms with Gasteiger partial charge in [-0.3, -0.25) is 10.1 Å².